The number of hydrogen-bond acceptors (Lipinski definition) is 6. The first-order valence-corrected chi connectivity index (χ1v) is 11.8. The summed E-state index contributed by atoms with van der Waals surface area (Å²) >= 11 is 0. The van der Waals surface area contributed by atoms with Gasteiger partial charge in [0.25, 0.3) is 0 Å². The molecular formula is C23H31N3O5S. The molecule has 0 bridgehead atoms. The molecule has 3 N–H and O–H groups in total. The van der Waals surface area contributed by atoms with Gasteiger partial charge in [0.15, 0.2) is 0 Å². The normalized spacial score (nSPS) is 14.1. The second-order valence-electron chi connectivity index (χ2n) is 8.09. The van der Waals surface area contributed by atoms with Crippen molar-refractivity contribution in [1.29, 1.82) is 0 Å². The average molecular weight is 462 g/mol. The van der Waals surface area contributed by atoms with Crippen LogP contribution < -0.4 is 5.32 Å². The van der Waals surface area contributed by atoms with Crippen LogP contribution in [0.3, 0.4) is 0 Å². The molecule has 2 atom stereocenters. The zero-order valence-corrected chi connectivity index (χ0v) is 19.4. The third-order valence-corrected chi connectivity index (χ3v) is 6.68. The fourth-order valence-corrected chi connectivity index (χ4v) is 4.99. The molecule has 0 heterocycles. The minimum absolute atomic E-state index is 0.0195. The topological polar surface area (TPSA) is 119 Å². The molecule has 1 amide bonds. The van der Waals surface area contributed by atoms with Gasteiger partial charge in [0, 0.05) is 20.0 Å². The minimum Gasteiger partial charge on any atom is -0.411 e. The van der Waals surface area contributed by atoms with Crippen molar-refractivity contribution in [2.75, 3.05) is 13.1 Å². The lowest BCUT2D eigenvalue weighted by Crippen LogP contribution is -2.50. The molecule has 174 valence electrons. The molecule has 0 aliphatic carbocycles. The molecule has 32 heavy (non-hydrogen) atoms. The van der Waals surface area contributed by atoms with Crippen LogP contribution in [0.15, 0.2) is 64.6 Å². The van der Waals surface area contributed by atoms with E-state index in [0.717, 1.165) is 5.56 Å². The monoisotopic (exact) mass is 461 g/mol. The van der Waals surface area contributed by atoms with E-state index in [1.807, 2.05) is 44.2 Å². The summed E-state index contributed by atoms with van der Waals surface area (Å²) < 4.78 is 27.9. The Labute approximate surface area is 189 Å². The summed E-state index contributed by atoms with van der Waals surface area (Å²) in [4.78, 5) is 11.8. The Kier molecular flexibility index (Phi) is 9.37. The first kappa shape index (κ1) is 25.5. The standard InChI is InChI=1S/C23H31N3O5S/c1-17(2)15-26(32(30,31)21-11-9-20(10-12-21)14-24-29)16-23(28)22(25-18(3)27)13-19-7-5-4-6-8-19/h4-12,14,17,22-23,28-29H,13,15-16H2,1-3H3,(H,25,27)/t22-,23+/m0/s1. The van der Waals surface area contributed by atoms with E-state index < -0.39 is 22.2 Å². The summed E-state index contributed by atoms with van der Waals surface area (Å²) in [6.45, 7) is 5.19. The van der Waals surface area contributed by atoms with Crippen molar-refractivity contribution in [3.8, 4) is 0 Å². The molecule has 2 rings (SSSR count). The number of carbonyl (C=O) groups is 1. The molecule has 0 aliphatic rings. The van der Waals surface area contributed by atoms with Gasteiger partial charge in [-0.1, -0.05) is 61.5 Å². The maximum Gasteiger partial charge on any atom is 0.243 e. The minimum atomic E-state index is -3.90. The molecule has 9 heteroatoms. The van der Waals surface area contributed by atoms with Crippen LogP contribution in [0, 0.1) is 5.92 Å². The van der Waals surface area contributed by atoms with Gasteiger partial charge in [-0.25, -0.2) is 8.42 Å². The van der Waals surface area contributed by atoms with Gasteiger partial charge in [-0.15, -0.1) is 0 Å². The second-order valence-corrected chi connectivity index (χ2v) is 10.0. The fourth-order valence-electron chi connectivity index (χ4n) is 3.37. The van der Waals surface area contributed by atoms with E-state index >= 15 is 0 Å². The Bertz CT molecular complexity index is 992. The highest BCUT2D eigenvalue weighted by Gasteiger charge is 2.31. The average Bonchev–Trinajstić information content (AvgIpc) is 2.73. The second kappa shape index (κ2) is 11.8. The number of sulfonamides is 1. The molecule has 0 aliphatic heterocycles. The van der Waals surface area contributed by atoms with Crippen molar-refractivity contribution < 1.29 is 23.5 Å². The summed E-state index contributed by atoms with van der Waals surface area (Å²) in [5, 5.41) is 25.3. The first-order chi connectivity index (χ1) is 15.1. The van der Waals surface area contributed by atoms with E-state index in [-0.39, 0.29) is 29.8 Å². The number of nitrogens with one attached hydrogen (secondary N) is 1. The zero-order chi connectivity index (χ0) is 23.7. The lowest BCUT2D eigenvalue weighted by atomic mass is 10.0. The van der Waals surface area contributed by atoms with Gasteiger partial charge in [-0.2, -0.15) is 4.31 Å². The Hall–Kier alpha value is -2.75. The molecular weight excluding hydrogens is 430 g/mol. The highest BCUT2D eigenvalue weighted by Crippen LogP contribution is 2.19. The Morgan fingerprint density at radius 3 is 2.25 bits per heavy atom. The maximum absolute atomic E-state index is 13.3. The van der Waals surface area contributed by atoms with Gasteiger partial charge in [-0.3, -0.25) is 4.79 Å². The predicted octanol–water partition coefficient (Wildman–Crippen LogP) is 2.25. The van der Waals surface area contributed by atoms with Gasteiger partial charge < -0.3 is 15.6 Å². The van der Waals surface area contributed by atoms with Crippen LogP contribution in [0.1, 0.15) is 31.9 Å². The predicted molar refractivity (Wildman–Crippen MR) is 123 cm³/mol. The maximum atomic E-state index is 13.3. The van der Waals surface area contributed by atoms with Crippen molar-refractivity contribution >= 4 is 22.1 Å². The summed E-state index contributed by atoms with van der Waals surface area (Å²) in [5.41, 5.74) is 1.47. The SMILES string of the molecule is CC(=O)N[C@@H](Cc1ccccc1)[C@H](O)CN(CC(C)C)S(=O)(=O)c1ccc(C=NO)cc1. The van der Waals surface area contributed by atoms with Crippen molar-refractivity contribution in [3.63, 3.8) is 0 Å². The Morgan fingerprint density at radius 1 is 1.09 bits per heavy atom. The molecule has 0 radical (unpaired) electrons. The van der Waals surface area contributed by atoms with Crippen LogP contribution in [0.2, 0.25) is 0 Å². The van der Waals surface area contributed by atoms with Crippen LogP contribution >= 0.6 is 0 Å². The van der Waals surface area contributed by atoms with E-state index in [1.165, 1.54) is 41.7 Å². The van der Waals surface area contributed by atoms with Crippen molar-refractivity contribution in [1.82, 2.24) is 9.62 Å². The van der Waals surface area contributed by atoms with Crippen LogP contribution in [0.25, 0.3) is 0 Å². The van der Waals surface area contributed by atoms with Crippen LogP contribution in [-0.2, 0) is 21.2 Å². The summed E-state index contributed by atoms with van der Waals surface area (Å²) in [6, 6.07) is 14.7. The largest absolute Gasteiger partial charge is 0.411 e. The van der Waals surface area contributed by atoms with Crippen LogP contribution in [0.4, 0.5) is 0 Å². The molecule has 0 aromatic heterocycles. The number of rotatable bonds is 11. The van der Waals surface area contributed by atoms with E-state index in [2.05, 4.69) is 10.5 Å². The van der Waals surface area contributed by atoms with Gasteiger partial charge in [0.2, 0.25) is 15.9 Å². The van der Waals surface area contributed by atoms with Gasteiger partial charge in [0.1, 0.15) is 0 Å². The highest BCUT2D eigenvalue weighted by atomic mass is 32.2. The van der Waals surface area contributed by atoms with Crippen LogP contribution in [0.5, 0.6) is 0 Å². The van der Waals surface area contributed by atoms with Gasteiger partial charge >= 0.3 is 0 Å². The summed E-state index contributed by atoms with van der Waals surface area (Å²) in [6.07, 6.45) is 0.452. The van der Waals surface area contributed by atoms with E-state index in [1.54, 1.807) is 0 Å². The van der Waals surface area contributed by atoms with Gasteiger partial charge in [0.05, 0.1) is 23.3 Å². The van der Waals surface area contributed by atoms with Crippen molar-refractivity contribution in [2.45, 2.75) is 44.2 Å². The third-order valence-electron chi connectivity index (χ3n) is 4.84. The molecule has 2 aromatic carbocycles. The number of nitrogens with zero attached hydrogens (tertiary/aromatic N) is 2. The summed E-state index contributed by atoms with van der Waals surface area (Å²) in [7, 11) is -3.90. The molecule has 0 saturated heterocycles. The number of oxime groups is 1. The van der Waals surface area contributed by atoms with Crippen molar-refractivity contribution in [2.24, 2.45) is 11.1 Å². The van der Waals surface area contributed by atoms with E-state index in [0.29, 0.717) is 12.0 Å². The number of aliphatic hydroxyl groups is 1. The number of aliphatic hydroxyl groups excluding tert-OH is 1. The smallest absolute Gasteiger partial charge is 0.243 e. The van der Waals surface area contributed by atoms with Gasteiger partial charge in [-0.05, 0) is 35.6 Å². The number of carbonyl (C=O) groups excluding carboxylic acids is 1. The molecule has 0 unspecified atom stereocenters. The summed E-state index contributed by atoms with van der Waals surface area (Å²) in [5.74, 6) is -0.282. The number of amides is 1. The van der Waals surface area contributed by atoms with Crippen LogP contribution in [-0.4, -0.2) is 60.4 Å². The third kappa shape index (κ3) is 7.44. The number of hydrogen-bond donors (Lipinski definition) is 3. The Morgan fingerprint density at radius 2 is 1.72 bits per heavy atom. The molecule has 0 fully saturated rings. The fraction of sp³-hybridized carbons (Fsp3) is 0.391. The first-order valence-electron chi connectivity index (χ1n) is 10.4. The molecule has 8 nitrogen and oxygen atoms in total. The van der Waals surface area contributed by atoms with E-state index in [9.17, 15) is 18.3 Å². The lowest BCUT2D eigenvalue weighted by molar-refractivity contribution is -0.120. The highest BCUT2D eigenvalue weighted by molar-refractivity contribution is 7.89. The Balaban J connectivity index is 2.28. The zero-order valence-electron chi connectivity index (χ0n) is 18.5. The van der Waals surface area contributed by atoms with E-state index in [4.69, 9.17) is 5.21 Å². The quantitative estimate of drug-likeness (QED) is 0.269. The lowest BCUT2D eigenvalue weighted by Gasteiger charge is -2.30. The molecule has 0 spiro atoms. The van der Waals surface area contributed by atoms with Crippen molar-refractivity contribution in [3.05, 3.63) is 65.7 Å². The molecule has 0 saturated carbocycles. The number of benzene rings is 2. The molecule has 2 aromatic rings.